The van der Waals surface area contributed by atoms with Crippen LogP contribution >= 0.6 is 0 Å². The largest absolute Gasteiger partial charge is 0.447 e. The topological polar surface area (TPSA) is 56.8 Å². The fourth-order valence-corrected chi connectivity index (χ4v) is 2.00. The Labute approximate surface area is 95.4 Å². The third-order valence-electron chi connectivity index (χ3n) is 2.92. The van der Waals surface area contributed by atoms with Gasteiger partial charge in [0.05, 0.1) is 12.2 Å². The molecule has 1 amide bonds. The molecule has 0 bridgehead atoms. The SMILES string of the molecule is O=C(NC[C@@H]1CCCO1)OC[C@@H]1CCCO1. The summed E-state index contributed by atoms with van der Waals surface area (Å²) in [6.45, 7) is 2.49. The van der Waals surface area contributed by atoms with Gasteiger partial charge in [-0.3, -0.25) is 0 Å². The van der Waals surface area contributed by atoms with E-state index in [2.05, 4.69) is 5.32 Å². The Hall–Kier alpha value is -0.810. The van der Waals surface area contributed by atoms with Crippen molar-refractivity contribution >= 4 is 6.09 Å². The maximum absolute atomic E-state index is 11.3. The molecule has 2 aliphatic heterocycles. The molecule has 1 N–H and O–H groups in total. The molecule has 2 aliphatic rings. The second-order valence-electron chi connectivity index (χ2n) is 4.25. The molecule has 92 valence electrons. The molecule has 2 heterocycles. The molecule has 0 radical (unpaired) electrons. The summed E-state index contributed by atoms with van der Waals surface area (Å²) in [5.74, 6) is 0. The molecule has 0 aliphatic carbocycles. The van der Waals surface area contributed by atoms with E-state index >= 15 is 0 Å². The lowest BCUT2D eigenvalue weighted by molar-refractivity contribution is 0.0416. The standard InChI is InChI=1S/C11H19NO4/c13-11(12-7-9-3-1-5-14-9)16-8-10-4-2-6-15-10/h9-10H,1-8H2,(H,12,13)/t9-,10-/m0/s1. The summed E-state index contributed by atoms with van der Waals surface area (Å²) in [5, 5.41) is 2.71. The van der Waals surface area contributed by atoms with Crippen molar-refractivity contribution in [2.45, 2.75) is 37.9 Å². The van der Waals surface area contributed by atoms with Crippen molar-refractivity contribution in [2.24, 2.45) is 0 Å². The molecule has 2 rings (SSSR count). The highest BCUT2D eigenvalue weighted by molar-refractivity contribution is 5.67. The Bertz CT molecular complexity index is 200. The Balaban J connectivity index is 1.53. The minimum absolute atomic E-state index is 0.0912. The molecule has 2 saturated heterocycles. The van der Waals surface area contributed by atoms with Crippen LogP contribution in [-0.2, 0) is 14.2 Å². The third kappa shape index (κ3) is 3.64. The molecule has 0 aromatic rings. The van der Waals surface area contributed by atoms with Crippen LogP contribution in [0.2, 0.25) is 0 Å². The Morgan fingerprint density at radius 1 is 1.19 bits per heavy atom. The first-order chi connectivity index (χ1) is 7.84. The van der Waals surface area contributed by atoms with Crippen molar-refractivity contribution in [3.63, 3.8) is 0 Å². The van der Waals surface area contributed by atoms with Crippen LogP contribution in [0, 0.1) is 0 Å². The van der Waals surface area contributed by atoms with Gasteiger partial charge < -0.3 is 19.5 Å². The van der Waals surface area contributed by atoms with Gasteiger partial charge >= 0.3 is 6.09 Å². The first-order valence-corrected chi connectivity index (χ1v) is 5.98. The van der Waals surface area contributed by atoms with Crippen LogP contribution in [-0.4, -0.2) is 44.7 Å². The molecular formula is C11H19NO4. The van der Waals surface area contributed by atoms with Gasteiger partial charge in [-0.2, -0.15) is 0 Å². The lowest BCUT2D eigenvalue weighted by Gasteiger charge is -2.13. The minimum Gasteiger partial charge on any atom is -0.447 e. The monoisotopic (exact) mass is 229 g/mol. The molecule has 0 unspecified atom stereocenters. The molecule has 2 atom stereocenters. The van der Waals surface area contributed by atoms with Gasteiger partial charge in [-0.15, -0.1) is 0 Å². The third-order valence-corrected chi connectivity index (χ3v) is 2.92. The Morgan fingerprint density at radius 2 is 1.88 bits per heavy atom. The summed E-state index contributed by atoms with van der Waals surface area (Å²) in [6, 6.07) is 0. The highest BCUT2D eigenvalue weighted by Gasteiger charge is 2.19. The number of nitrogens with one attached hydrogen (secondary N) is 1. The molecule has 16 heavy (non-hydrogen) atoms. The minimum atomic E-state index is -0.369. The van der Waals surface area contributed by atoms with E-state index in [1.807, 2.05) is 0 Å². The van der Waals surface area contributed by atoms with Crippen LogP contribution in [0.15, 0.2) is 0 Å². The second kappa shape index (κ2) is 6.06. The lowest BCUT2D eigenvalue weighted by Crippen LogP contribution is -2.33. The number of hydrogen-bond acceptors (Lipinski definition) is 4. The molecule has 2 fully saturated rings. The van der Waals surface area contributed by atoms with E-state index in [9.17, 15) is 4.79 Å². The highest BCUT2D eigenvalue weighted by atomic mass is 16.6. The molecule has 0 saturated carbocycles. The van der Waals surface area contributed by atoms with Crippen LogP contribution in [0.25, 0.3) is 0 Å². The van der Waals surface area contributed by atoms with Gasteiger partial charge in [0.15, 0.2) is 0 Å². The van der Waals surface area contributed by atoms with Gasteiger partial charge in [-0.25, -0.2) is 4.79 Å². The quantitative estimate of drug-likeness (QED) is 0.783. The molecule has 0 aromatic carbocycles. The summed E-state index contributed by atoms with van der Waals surface area (Å²) >= 11 is 0. The molecule has 5 heteroatoms. The van der Waals surface area contributed by atoms with E-state index in [1.54, 1.807) is 0 Å². The van der Waals surface area contributed by atoms with Gasteiger partial charge in [-0.1, -0.05) is 0 Å². The second-order valence-corrected chi connectivity index (χ2v) is 4.25. The van der Waals surface area contributed by atoms with Crippen molar-refractivity contribution < 1.29 is 19.0 Å². The summed E-state index contributed by atoms with van der Waals surface area (Å²) in [4.78, 5) is 11.3. The number of carbonyl (C=O) groups is 1. The van der Waals surface area contributed by atoms with Crippen LogP contribution in [0.4, 0.5) is 4.79 Å². The van der Waals surface area contributed by atoms with Crippen LogP contribution in [0.1, 0.15) is 25.7 Å². The number of ether oxygens (including phenoxy) is 3. The number of hydrogen-bond donors (Lipinski definition) is 1. The van der Waals surface area contributed by atoms with E-state index < -0.39 is 0 Å². The molecule has 0 spiro atoms. The molecule has 0 aromatic heterocycles. The first-order valence-electron chi connectivity index (χ1n) is 5.98. The highest BCUT2D eigenvalue weighted by Crippen LogP contribution is 2.12. The predicted molar refractivity (Wildman–Crippen MR) is 57.3 cm³/mol. The average Bonchev–Trinajstić information content (AvgIpc) is 2.96. The maximum atomic E-state index is 11.3. The van der Waals surface area contributed by atoms with Crippen LogP contribution < -0.4 is 5.32 Å². The number of rotatable bonds is 4. The first kappa shape index (κ1) is 11.7. The predicted octanol–water partition coefficient (Wildman–Crippen LogP) is 1.07. The maximum Gasteiger partial charge on any atom is 0.407 e. The van der Waals surface area contributed by atoms with Gasteiger partial charge in [0, 0.05) is 19.8 Å². The molecule has 5 nitrogen and oxygen atoms in total. The van der Waals surface area contributed by atoms with E-state index in [0.29, 0.717) is 13.2 Å². The number of alkyl carbamates (subject to hydrolysis) is 1. The van der Waals surface area contributed by atoms with E-state index in [0.717, 1.165) is 38.9 Å². The van der Waals surface area contributed by atoms with E-state index in [1.165, 1.54) is 0 Å². The number of carbonyl (C=O) groups excluding carboxylic acids is 1. The van der Waals surface area contributed by atoms with Gasteiger partial charge in [0.1, 0.15) is 6.61 Å². The lowest BCUT2D eigenvalue weighted by atomic mass is 10.2. The number of amides is 1. The van der Waals surface area contributed by atoms with Gasteiger partial charge in [-0.05, 0) is 25.7 Å². The van der Waals surface area contributed by atoms with Crippen molar-refractivity contribution in [2.75, 3.05) is 26.4 Å². The van der Waals surface area contributed by atoms with Crippen molar-refractivity contribution in [3.05, 3.63) is 0 Å². The fraction of sp³-hybridized carbons (Fsp3) is 0.909. The summed E-state index contributed by atoms with van der Waals surface area (Å²) in [7, 11) is 0. The average molecular weight is 229 g/mol. The van der Waals surface area contributed by atoms with Crippen molar-refractivity contribution in [3.8, 4) is 0 Å². The zero-order valence-corrected chi connectivity index (χ0v) is 9.44. The van der Waals surface area contributed by atoms with Gasteiger partial charge in [0.25, 0.3) is 0 Å². The smallest absolute Gasteiger partial charge is 0.407 e. The van der Waals surface area contributed by atoms with Crippen molar-refractivity contribution in [1.29, 1.82) is 0 Å². The van der Waals surface area contributed by atoms with E-state index in [-0.39, 0.29) is 18.3 Å². The van der Waals surface area contributed by atoms with E-state index in [4.69, 9.17) is 14.2 Å². The molecular weight excluding hydrogens is 210 g/mol. The van der Waals surface area contributed by atoms with Crippen molar-refractivity contribution in [1.82, 2.24) is 5.32 Å². The fourth-order valence-electron chi connectivity index (χ4n) is 2.00. The summed E-state index contributed by atoms with van der Waals surface area (Å²) < 4.78 is 15.8. The van der Waals surface area contributed by atoms with Crippen LogP contribution in [0.5, 0.6) is 0 Å². The van der Waals surface area contributed by atoms with Crippen LogP contribution in [0.3, 0.4) is 0 Å². The zero-order valence-electron chi connectivity index (χ0n) is 9.44. The normalized spacial score (nSPS) is 29.2. The summed E-state index contributed by atoms with van der Waals surface area (Å²) in [6.07, 6.45) is 4.03. The summed E-state index contributed by atoms with van der Waals surface area (Å²) in [5.41, 5.74) is 0. The van der Waals surface area contributed by atoms with Gasteiger partial charge in [0.2, 0.25) is 0 Å². The Kier molecular flexibility index (Phi) is 4.42. The zero-order chi connectivity index (χ0) is 11.2. The Morgan fingerprint density at radius 3 is 2.50 bits per heavy atom.